The van der Waals surface area contributed by atoms with Crippen molar-refractivity contribution < 1.29 is 18.3 Å². The van der Waals surface area contributed by atoms with Crippen molar-refractivity contribution in [2.24, 2.45) is 5.73 Å². The monoisotopic (exact) mass is 411 g/mol. The number of amides is 1. The molecular weight excluding hydrogens is 390 g/mol. The second kappa shape index (κ2) is 8.71. The van der Waals surface area contributed by atoms with Crippen LogP contribution in [0.3, 0.4) is 0 Å². The van der Waals surface area contributed by atoms with E-state index in [1.54, 1.807) is 24.3 Å². The maximum atomic E-state index is 12.6. The molecule has 7 nitrogen and oxygen atoms in total. The summed E-state index contributed by atoms with van der Waals surface area (Å²) in [5, 5.41) is 12.5. The first-order valence-corrected chi connectivity index (χ1v) is 9.78. The zero-order valence-corrected chi connectivity index (χ0v) is 16.2. The molecule has 0 aliphatic carbocycles. The zero-order chi connectivity index (χ0) is 18.7. The van der Waals surface area contributed by atoms with Crippen molar-refractivity contribution in [2.45, 2.75) is 23.8 Å². The van der Waals surface area contributed by atoms with Gasteiger partial charge in [-0.15, -0.1) is 12.4 Å². The van der Waals surface area contributed by atoms with E-state index in [9.17, 15) is 18.3 Å². The molecule has 1 amide bonds. The Morgan fingerprint density at radius 2 is 1.74 bits per heavy atom. The number of nitrogens with one attached hydrogen (secondary N) is 1. The molecule has 1 aliphatic rings. The van der Waals surface area contributed by atoms with Crippen molar-refractivity contribution in [3.8, 4) is 5.75 Å². The highest BCUT2D eigenvalue weighted by atomic mass is 35.5. The van der Waals surface area contributed by atoms with Gasteiger partial charge in [-0.1, -0.05) is 30.3 Å². The number of hydrogen-bond acceptors (Lipinski definition) is 5. The number of sulfonamides is 1. The third-order valence-electron chi connectivity index (χ3n) is 4.37. The number of halogens is 1. The van der Waals surface area contributed by atoms with Crippen LogP contribution in [0, 0.1) is 0 Å². The van der Waals surface area contributed by atoms with Crippen LogP contribution in [0.5, 0.6) is 5.75 Å². The van der Waals surface area contributed by atoms with Crippen molar-refractivity contribution in [1.82, 2.24) is 4.31 Å². The SMILES string of the molecule is Cl.NC(C(=O)Nc1cc(S(=O)(=O)N2CCCC2)ccc1O)c1ccccc1. The molecule has 1 heterocycles. The molecule has 1 saturated heterocycles. The van der Waals surface area contributed by atoms with Crippen LogP contribution in [0.4, 0.5) is 5.69 Å². The molecule has 1 aliphatic heterocycles. The van der Waals surface area contributed by atoms with Gasteiger partial charge in [0.1, 0.15) is 11.8 Å². The summed E-state index contributed by atoms with van der Waals surface area (Å²) in [6.07, 6.45) is 1.65. The summed E-state index contributed by atoms with van der Waals surface area (Å²) in [7, 11) is -3.65. The minimum Gasteiger partial charge on any atom is -0.506 e. The number of anilines is 1. The van der Waals surface area contributed by atoms with Gasteiger partial charge in [-0.25, -0.2) is 8.42 Å². The summed E-state index contributed by atoms with van der Waals surface area (Å²) in [5.41, 5.74) is 6.57. The minimum absolute atomic E-state index is 0. The molecule has 0 saturated carbocycles. The van der Waals surface area contributed by atoms with Crippen LogP contribution in [-0.2, 0) is 14.8 Å². The van der Waals surface area contributed by atoms with Crippen molar-refractivity contribution in [1.29, 1.82) is 0 Å². The molecular formula is C18H22ClN3O4S. The predicted octanol–water partition coefficient (Wildman–Crippen LogP) is 2.24. The van der Waals surface area contributed by atoms with E-state index in [1.165, 1.54) is 22.5 Å². The lowest BCUT2D eigenvalue weighted by atomic mass is 10.1. The first-order chi connectivity index (χ1) is 12.4. The zero-order valence-electron chi connectivity index (χ0n) is 14.5. The summed E-state index contributed by atoms with van der Waals surface area (Å²) in [5.74, 6) is -0.763. The molecule has 3 rings (SSSR count). The molecule has 2 aromatic rings. The molecule has 9 heteroatoms. The van der Waals surface area contributed by atoms with Gasteiger partial charge >= 0.3 is 0 Å². The van der Waals surface area contributed by atoms with Gasteiger partial charge in [-0.3, -0.25) is 4.79 Å². The van der Waals surface area contributed by atoms with Gasteiger partial charge in [0.25, 0.3) is 0 Å². The van der Waals surface area contributed by atoms with Crippen molar-refractivity contribution in [3.05, 3.63) is 54.1 Å². The highest BCUT2D eigenvalue weighted by Gasteiger charge is 2.28. The predicted molar refractivity (Wildman–Crippen MR) is 105 cm³/mol. The van der Waals surface area contributed by atoms with Crippen LogP contribution in [0.2, 0.25) is 0 Å². The fourth-order valence-electron chi connectivity index (χ4n) is 2.88. The largest absolute Gasteiger partial charge is 0.506 e. The number of phenolic OH excluding ortho intramolecular Hbond substituents is 1. The van der Waals surface area contributed by atoms with E-state index in [-0.39, 0.29) is 28.7 Å². The Morgan fingerprint density at radius 1 is 1.11 bits per heavy atom. The van der Waals surface area contributed by atoms with Gasteiger partial charge < -0.3 is 16.2 Å². The summed E-state index contributed by atoms with van der Waals surface area (Å²) in [4.78, 5) is 12.4. The van der Waals surface area contributed by atoms with E-state index in [4.69, 9.17) is 5.73 Å². The van der Waals surface area contributed by atoms with E-state index >= 15 is 0 Å². The highest BCUT2D eigenvalue weighted by Crippen LogP contribution is 2.30. The number of phenols is 1. The third kappa shape index (κ3) is 4.59. The van der Waals surface area contributed by atoms with Gasteiger partial charge in [0.2, 0.25) is 15.9 Å². The fourth-order valence-corrected chi connectivity index (χ4v) is 4.42. The number of benzene rings is 2. The second-order valence-electron chi connectivity index (χ2n) is 6.17. The maximum Gasteiger partial charge on any atom is 0.245 e. The van der Waals surface area contributed by atoms with Crippen LogP contribution in [0.25, 0.3) is 0 Å². The molecule has 1 atom stereocenters. The molecule has 0 aromatic heterocycles. The normalized spacial score (nSPS) is 15.7. The average Bonchev–Trinajstić information content (AvgIpc) is 3.19. The lowest BCUT2D eigenvalue weighted by Crippen LogP contribution is -2.29. The van der Waals surface area contributed by atoms with Crippen molar-refractivity contribution >= 4 is 34.0 Å². The number of rotatable bonds is 5. The van der Waals surface area contributed by atoms with Gasteiger partial charge in [-0.2, -0.15) is 4.31 Å². The van der Waals surface area contributed by atoms with Crippen LogP contribution >= 0.6 is 12.4 Å². The molecule has 0 radical (unpaired) electrons. The highest BCUT2D eigenvalue weighted by molar-refractivity contribution is 7.89. The molecule has 0 spiro atoms. The number of hydrogen-bond donors (Lipinski definition) is 3. The number of carbonyl (C=O) groups excluding carboxylic acids is 1. The third-order valence-corrected chi connectivity index (χ3v) is 6.26. The Labute approximate surface area is 164 Å². The quantitative estimate of drug-likeness (QED) is 0.653. The average molecular weight is 412 g/mol. The van der Waals surface area contributed by atoms with Gasteiger partial charge in [0.05, 0.1) is 10.6 Å². The Balaban J connectivity index is 0.00000261. The maximum absolute atomic E-state index is 12.6. The number of aromatic hydroxyl groups is 1. The first kappa shape index (κ1) is 21.2. The summed E-state index contributed by atoms with van der Waals surface area (Å²) >= 11 is 0. The minimum atomic E-state index is -3.65. The van der Waals surface area contributed by atoms with Crippen LogP contribution in [-0.4, -0.2) is 36.8 Å². The molecule has 0 bridgehead atoms. The second-order valence-corrected chi connectivity index (χ2v) is 8.11. The van der Waals surface area contributed by atoms with Crippen LogP contribution < -0.4 is 11.1 Å². The summed E-state index contributed by atoms with van der Waals surface area (Å²) in [6.45, 7) is 0.952. The summed E-state index contributed by atoms with van der Waals surface area (Å²) < 4.78 is 26.7. The van der Waals surface area contributed by atoms with Gasteiger partial charge in [0, 0.05) is 13.1 Å². The topological polar surface area (TPSA) is 113 Å². The fraction of sp³-hybridized carbons (Fsp3) is 0.278. The lowest BCUT2D eigenvalue weighted by molar-refractivity contribution is -0.117. The smallest absolute Gasteiger partial charge is 0.245 e. The molecule has 1 fully saturated rings. The Hall–Kier alpha value is -2.13. The number of nitrogens with zero attached hydrogens (tertiary/aromatic N) is 1. The van der Waals surface area contributed by atoms with E-state index in [0.29, 0.717) is 18.7 Å². The number of nitrogens with two attached hydrogens (primary N) is 1. The Kier molecular flexibility index (Phi) is 6.83. The van der Waals surface area contributed by atoms with Crippen molar-refractivity contribution in [3.63, 3.8) is 0 Å². The van der Waals surface area contributed by atoms with E-state index < -0.39 is 22.0 Å². The van der Waals surface area contributed by atoms with Gasteiger partial charge in [-0.05, 0) is 36.6 Å². The molecule has 4 N–H and O–H groups in total. The van der Waals surface area contributed by atoms with Crippen LogP contribution in [0.1, 0.15) is 24.4 Å². The lowest BCUT2D eigenvalue weighted by Gasteiger charge is -2.17. The standard InChI is InChI=1S/C18H21N3O4S.ClH/c19-17(13-6-2-1-3-7-13)18(23)20-15-12-14(8-9-16(15)22)26(24,25)21-10-4-5-11-21;/h1-3,6-9,12,17,22H,4-5,10-11,19H2,(H,20,23);1H. The molecule has 1 unspecified atom stereocenters. The van der Waals surface area contributed by atoms with Crippen molar-refractivity contribution in [2.75, 3.05) is 18.4 Å². The molecule has 2 aromatic carbocycles. The van der Waals surface area contributed by atoms with E-state index in [2.05, 4.69) is 5.32 Å². The number of carbonyl (C=O) groups is 1. The Bertz CT molecular complexity index is 900. The van der Waals surface area contributed by atoms with E-state index in [0.717, 1.165) is 12.8 Å². The van der Waals surface area contributed by atoms with Crippen LogP contribution in [0.15, 0.2) is 53.4 Å². The Morgan fingerprint density at radius 3 is 2.37 bits per heavy atom. The summed E-state index contributed by atoms with van der Waals surface area (Å²) in [6, 6.07) is 11.7. The van der Waals surface area contributed by atoms with Gasteiger partial charge in [0.15, 0.2) is 0 Å². The first-order valence-electron chi connectivity index (χ1n) is 8.34. The van der Waals surface area contributed by atoms with E-state index in [1.807, 2.05) is 6.07 Å². The molecule has 27 heavy (non-hydrogen) atoms. The molecule has 146 valence electrons.